The Morgan fingerprint density at radius 2 is 2.00 bits per heavy atom. The Balaban J connectivity index is 2.50. The first-order chi connectivity index (χ1) is 8.63. The maximum atomic E-state index is 14.4. The molecule has 0 radical (unpaired) electrons. The van der Waals surface area contributed by atoms with Crippen LogP contribution in [0.4, 0.5) is 4.39 Å². The van der Waals surface area contributed by atoms with E-state index in [1.54, 1.807) is 6.07 Å². The molecular formula is C14H19ClFNO. The van der Waals surface area contributed by atoms with Gasteiger partial charge >= 0.3 is 0 Å². The molecule has 100 valence electrons. The minimum atomic E-state index is -0.311. The minimum absolute atomic E-state index is 0.205. The molecule has 0 atom stereocenters. The number of methoxy groups -OCH3 is 1. The van der Waals surface area contributed by atoms with Crippen LogP contribution in [-0.2, 0) is 5.41 Å². The number of hydrogen-bond acceptors (Lipinski definition) is 2. The summed E-state index contributed by atoms with van der Waals surface area (Å²) in [6.45, 7) is 0.452. The average molecular weight is 272 g/mol. The van der Waals surface area contributed by atoms with Crippen LogP contribution >= 0.6 is 11.6 Å². The second-order valence-electron chi connectivity index (χ2n) is 5.01. The summed E-state index contributed by atoms with van der Waals surface area (Å²) in [5, 5.41) is 0.502. The molecule has 0 heterocycles. The highest BCUT2D eigenvalue weighted by Crippen LogP contribution is 2.42. The largest absolute Gasteiger partial charge is 0.494 e. The van der Waals surface area contributed by atoms with E-state index < -0.39 is 0 Å². The Kier molecular flexibility index (Phi) is 4.13. The van der Waals surface area contributed by atoms with Gasteiger partial charge in [-0.3, -0.25) is 0 Å². The van der Waals surface area contributed by atoms with Crippen LogP contribution in [0.25, 0.3) is 0 Å². The van der Waals surface area contributed by atoms with Gasteiger partial charge in [-0.2, -0.15) is 0 Å². The monoisotopic (exact) mass is 271 g/mol. The maximum Gasteiger partial charge on any atom is 0.168 e. The molecule has 2 nitrogen and oxygen atoms in total. The van der Waals surface area contributed by atoms with Crippen LogP contribution < -0.4 is 10.5 Å². The van der Waals surface area contributed by atoms with E-state index in [4.69, 9.17) is 22.1 Å². The van der Waals surface area contributed by atoms with Crippen LogP contribution in [0.3, 0.4) is 0 Å². The molecule has 4 heteroatoms. The van der Waals surface area contributed by atoms with Crippen molar-refractivity contribution in [2.24, 2.45) is 5.73 Å². The zero-order chi connectivity index (χ0) is 13.2. The predicted molar refractivity (Wildman–Crippen MR) is 71.8 cm³/mol. The van der Waals surface area contributed by atoms with Gasteiger partial charge in [0.2, 0.25) is 0 Å². The van der Waals surface area contributed by atoms with Crippen LogP contribution in [0.2, 0.25) is 5.02 Å². The summed E-state index contributed by atoms with van der Waals surface area (Å²) in [7, 11) is 1.45. The van der Waals surface area contributed by atoms with Gasteiger partial charge in [-0.15, -0.1) is 0 Å². The molecule has 0 bridgehead atoms. The fourth-order valence-electron chi connectivity index (χ4n) is 2.91. The van der Waals surface area contributed by atoms with Crippen LogP contribution in [0.15, 0.2) is 12.1 Å². The fourth-order valence-corrected chi connectivity index (χ4v) is 3.12. The summed E-state index contributed by atoms with van der Waals surface area (Å²) in [5.41, 5.74) is 6.27. The van der Waals surface area contributed by atoms with E-state index in [0.29, 0.717) is 17.1 Å². The SMILES string of the molecule is COc1cc(Cl)cc(C2(CN)CCCCC2)c1F. The van der Waals surface area contributed by atoms with Crippen molar-refractivity contribution in [1.82, 2.24) is 0 Å². The van der Waals surface area contributed by atoms with Crippen LogP contribution in [0.5, 0.6) is 5.75 Å². The lowest BCUT2D eigenvalue weighted by molar-refractivity contribution is 0.286. The summed E-state index contributed by atoms with van der Waals surface area (Å²) < 4.78 is 19.5. The molecule has 1 fully saturated rings. The van der Waals surface area contributed by atoms with Crippen molar-refractivity contribution in [2.75, 3.05) is 13.7 Å². The Morgan fingerprint density at radius 3 is 2.56 bits per heavy atom. The van der Waals surface area contributed by atoms with E-state index in [2.05, 4.69) is 0 Å². The molecule has 2 N–H and O–H groups in total. The van der Waals surface area contributed by atoms with Crippen molar-refractivity contribution in [3.05, 3.63) is 28.5 Å². The topological polar surface area (TPSA) is 35.2 Å². The maximum absolute atomic E-state index is 14.4. The first-order valence-electron chi connectivity index (χ1n) is 6.36. The predicted octanol–water partition coefficient (Wildman–Crippen LogP) is 3.65. The standard InChI is InChI=1S/C14H19ClFNO/c1-18-12-8-10(15)7-11(13(12)16)14(9-17)5-3-2-4-6-14/h7-8H,2-6,9,17H2,1H3. The van der Waals surface area contributed by atoms with E-state index in [-0.39, 0.29) is 17.0 Å². The second-order valence-corrected chi connectivity index (χ2v) is 5.45. The molecule has 0 spiro atoms. The van der Waals surface area contributed by atoms with Gasteiger partial charge in [0.1, 0.15) is 0 Å². The first-order valence-corrected chi connectivity index (χ1v) is 6.74. The van der Waals surface area contributed by atoms with Crippen molar-refractivity contribution in [2.45, 2.75) is 37.5 Å². The van der Waals surface area contributed by atoms with Crippen molar-refractivity contribution < 1.29 is 9.13 Å². The van der Waals surface area contributed by atoms with Gasteiger partial charge in [-0.05, 0) is 18.9 Å². The number of ether oxygens (including phenoxy) is 1. The lowest BCUT2D eigenvalue weighted by Crippen LogP contribution is -2.38. The molecule has 2 rings (SSSR count). The first kappa shape index (κ1) is 13.6. The van der Waals surface area contributed by atoms with Gasteiger partial charge in [-0.25, -0.2) is 4.39 Å². The zero-order valence-corrected chi connectivity index (χ0v) is 11.4. The lowest BCUT2D eigenvalue weighted by atomic mass is 9.69. The van der Waals surface area contributed by atoms with E-state index >= 15 is 0 Å². The zero-order valence-electron chi connectivity index (χ0n) is 10.6. The Hall–Kier alpha value is -0.800. The van der Waals surface area contributed by atoms with Gasteiger partial charge in [0.25, 0.3) is 0 Å². The minimum Gasteiger partial charge on any atom is -0.494 e. The number of halogens is 2. The third-order valence-corrected chi connectivity index (χ3v) is 4.21. The van der Waals surface area contributed by atoms with Crippen LogP contribution in [-0.4, -0.2) is 13.7 Å². The molecule has 0 unspecified atom stereocenters. The quantitative estimate of drug-likeness (QED) is 0.911. The van der Waals surface area contributed by atoms with Crippen molar-refractivity contribution in [1.29, 1.82) is 0 Å². The van der Waals surface area contributed by atoms with E-state index in [0.717, 1.165) is 25.7 Å². The van der Waals surface area contributed by atoms with Crippen LogP contribution in [0.1, 0.15) is 37.7 Å². The highest BCUT2D eigenvalue weighted by atomic mass is 35.5. The second kappa shape index (κ2) is 5.45. The highest BCUT2D eigenvalue weighted by molar-refractivity contribution is 6.30. The number of benzene rings is 1. The van der Waals surface area contributed by atoms with Gasteiger partial charge in [0, 0.05) is 28.6 Å². The molecule has 1 aliphatic carbocycles. The lowest BCUT2D eigenvalue weighted by Gasteiger charge is -2.37. The van der Waals surface area contributed by atoms with Crippen molar-refractivity contribution in [3.63, 3.8) is 0 Å². The summed E-state index contributed by atoms with van der Waals surface area (Å²) in [6, 6.07) is 3.21. The number of rotatable bonds is 3. The van der Waals surface area contributed by atoms with Gasteiger partial charge in [-0.1, -0.05) is 30.9 Å². The fraction of sp³-hybridized carbons (Fsp3) is 0.571. The van der Waals surface area contributed by atoms with Crippen molar-refractivity contribution >= 4 is 11.6 Å². The molecule has 1 aromatic carbocycles. The Morgan fingerprint density at radius 1 is 1.33 bits per heavy atom. The molecular weight excluding hydrogens is 253 g/mol. The van der Waals surface area contributed by atoms with E-state index in [1.165, 1.54) is 19.6 Å². The van der Waals surface area contributed by atoms with Gasteiger partial charge in [0.05, 0.1) is 7.11 Å². The molecule has 0 aromatic heterocycles. The summed E-state index contributed by atoms with van der Waals surface area (Å²) in [6.07, 6.45) is 5.21. The third kappa shape index (κ3) is 2.34. The molecule has 1 aliphatic rings. The Labute approximate surface area is 112 Å². The molecule has 1 aromatic rings. The molecule has 18 heavy (non-hydrogen) atoms. The van der Waals surface area contributed by atoms with Crippen LogP contribution in [0, 0.1) is 5.82 Å². The average Bonchev–Trinajstić information content (AvgIpc) is 2.41. The summed E-state index contributed by atoms with van der Waals surface area (Å²) in [4.78, 5) is 0. The van der Waals surface area contributed by atoms with E-state index in [1.807, 2.05) is 0 Å². The highest BCUT2D eigenvalue weighted by Gasteiger charge is 2.36. The molecule has 1 saturated carbocycles. The smallest absolute Gasteiger partial charge is 0.168 e. The number of nitrogens with two attached hydrogens (primary N) is 1. The summed E-state index contributed by atoms with van der Waals surface area (Å²) >= 11 is 6.05. The molecule has 0 amide bonds. The Bertz CT molecular complexity index is 430. The molecule has 0 aliphatic heterocycles. The molecule has 0 saturated heterocycles. The van der Waals surface area contributed by atoms with Gasteiger partial charge < -0.3 is 10.5 Å². The van der Waals surface area contributed by atoms with E-state index in [9.17, 15) is 4.39 Å². The third-order valence-electron chi connectivity index (χ3n) is 4.00. The van der Waals surface area contributed by atoms with Crippen molar-refractivity contribution in [3.8, 4) is 5.75 Å². The number of hydrogen-bond donors (Lipinski definition) is 1. The van der Waals surface area contributed by atoms with Gasteiger partial charge in [0.15, 0.2) is 11.6 Å². The summed E-state index contributed by atoms with van der Waals surface area (Å²) in [5.74, 6) is -0.106. The normalized spacial score (nSPS) is 18.7.